The van der Waals surface area contributed by atoms with E-state index in [0.29, 0.717) is 29.0 Å². The van der Waals surface area contributed by atoms with Crippen LogP contribution in [0.2, 0.25) is 0 Å². The van der Waals surface area contributed by atoms with Gasteiger partial charge in [-0.3, -0.25) is 4.79 Å². The van der Waals surface area contributed by atoms with E-state index in [4.69, 9.17) is 25.2 Å². The SMILES string of the molecule is COc1ccc2cc(-c3nc4cc(C(=O)N5CC6CCC5C6N)cc(OC)c4n3C)n(CC3CC3)c2n1. The molecule has 9 nitrogen and oxygen atoms in total. The van der Waals surface area contributed by atoms with Crippen molar-refractivity contribution in [1.29, 1.82) is 0 Å². The number of imidazole rings is 1. The molecule has 0 radical (unpaired) electrons. The number of nitrogens with two attached hydrogens (primary N) is 1. The Balaban J connectivity index is 1.35. The number of benzene rings is 1. The van der Waals surface area contributed by atoms with Crippen LogP contribution in [0.3, 0.4) is 0 Å². The molecule has 192 valence electrons. The number of aromatic nitrogens is 4. The van der Waals surface area contributed by atoms with E-state index < -0.39 is 0 Å². The summed E-state index contributed by atoms with van der Waals surface area (Å²) in [5.74, 6) is 3.12. The van der Waals surface area contributed by atoms with Crippen molar-refractivity contribution >= 4 is 28.0 Å². The normalized spacial score (nSPS) is 22.9. The van der Waals surface area contributed by atoms with Crippen molar-refractivity contribution in [3.63, 3.8) is 0 Å². The number of rotatable bonds is 6. The van der Waals surface area contributed by atoms with Crippen LogP contribution in [-0.2, 0) is 13.6 Å². The first-order chi connectivity index (χ1) is 18.0. The zero-order valence-electron chi connectivity index (χ0n) is 21.5. The van der Waals surface area contributed by atoms with E-state index >= 15 is 0 Å². The second-order valence-corrected chi connectivity index (χ2v) is 10.8. The predicted molar refractivity (Wildman–Crippen MR) is 141 cm³/mol. The summed E-state index contributed by atoms with van der Waals surface area (Å²) in [7, 11) is 5.28. The Morgan fingerprint density at radius 2 is 1.92 bits per heavy atom. The maximum atomic E-state index is 13.6. The highest BCUT2D eigenvalue weighted by molar-refractivity contribution is 6.00. The number of fused-ring (bicyclic) bond motifs is 4. The van der Waals surface area contributed by atoms with Gasteiger partial charge in [0.15, 0.2) is 5.82 Å². The Kier molecular flexibility index (Phi) is 5.01. The molecule has 4 heterocycles. The number of hydrogen-bond donors (Lipinski definition) is 1. The standard InChI is InChI=1S/C28H32N6O3/c1-32-25-19(10-18(12-22(25)36-2)28(35)34-14-17-6-8-20(34)24(17)29)30-27(32)21-11-16-7-9-23(37-3)31-26(16)33(21)13-15-4-5-15/h7,9-12,15,17,20,24H,4-6,8,13-14,29H2,1-3H3. The summed E-state index contributed by atoms with van der Waals surface area (Å²) in [6.45, 7) is 1.62. The van der Waals surface area contributed by atoms with Crippen molar-refractivity contribution in [2.75, 3.05) is 20.8 Å². The van der Waals surface area contributed by atoms with Gasteiger partial charge in [0, 0.05) is 49.2 Å². The lowest BCUT2D eigenvalue weighted by atomic mass is 10.1. The van der Waals surface area contributed by atoms with Crippen molar-refractivity contribution in [2.45, 2.75) is 44.3 Å². The summed E-state index contributed by atoms with van der Waals surface area (Å²) in [6.07, 6.45) is 4.55. The van der Waals surface area contributed by atoms with Crippen LogP contribution in [0, 0.1) is 11.8 Å². The number of carbonyl (C=O) groups is 1. The Labute approximate surface area is 215 Å². The fraction of sp³-hybridized carbons (Fsp3) is 0.464. The fourth-order valence-corrected chi connectivity index (χ4v) is 6.42. The van der Waals surface area contributed by atoms with Gasteiger partial charge in [-0.25, -0.2) is 4.98 Å². The molecular weight excluding hydrogens is 468 g/mol. The fourth-order valence-electron chi connectivity index (χ4n) is 6.42. The van der Waals surface area contributed by atoms with Crippen LogP contribution in [0.15, 0.2) is 30.3 Å². The first kappa shape index (κ1) is 22.6. The van der Waals surface area contributed by atoms with Gasteiger partial charge >= 0.3 is 0 Å². The largest absolute Gasteiger partial charge is 0.494 e. The lowest BCUT2D eigenvalue weighted by Crippen LogP contribution is -2.41. The highest BCUT2D eigenvalue weighted by atomic mass is 16.5. The van der Waals surface area contributed by atoms with Crippen molar-refractivity contribution < 1.29 is 14.3 Å². The molecule has 7 rings (SSSR count). The summed E-state index contributed by atoms with van der Waals surface area (Å²) >= 11 is 0. The number of likely N-dealkylation sites (tertiary alicyclic amines) is 1. The second-order valence-electron chi connectivity index (χ2n) is 10.8. The van der Waals surface area contributed by atoms with Gasteiger partial charge < -0.3 is 29.2 Å². The number of nitrogens with zero attached hydrogens (tertiary/aromatic N) is 5. The molecule has 0 spiro atoms. The van der Waals surface area contributed by atoms with Crippen molar-refractivity contribution in [3.8, 4) is 23.1 Å². The van der Waals surface area contributed by atoms with E-state index in [2.05, 4.69) is 15.2 Å². The van der Waals surface area contributed by atoms with E-state index in [-0.39, 0.29) is 18.0 Å². The second kappa shape index (κ2) is 8.21. The third-order valence-corrected chi connectivity index (χ3v) is 8.61. The third kappa shape index (κ3) is 3.43. The highest BCUT2D eigenvalue weighted by Crippen LogP contribution is 2.40. The number of hydrogen-bond acceptors (Lipinski definition) is 6. The number of piperidine rings is 1. The predicted octanol–water partition coefficient (Wildman–Crippen LogP) is 3.58. The van der Waals surface area contributed by atoms with Gasteiger partial charge in [0.1, 0.15) is 16.9 Å². The van der Waals surface area contributed by atoms with Gasteiger partial charge in [0.25, 0.3) is 5.91 Å². The average Bonchev–Trinajstić information content (AvgIpc) is 3.32. The Bertz CT molecular complexity index is 1550. The first-order valence-corrected chi connectivity index (χ1v) is 13.1. The number of methoxy groups -OCH3 is 2. The Morgan fingerprint density at radius 1 is 1.08 bits per heavy atom. The lowest BCUT2D eigenvalue weighted by molar-refractivity contribution is 0.0700. The maximum Gasteiger partial charge on any atom is 0.254 e. The van der Waals surface area contributed by atoms with Crippen LogP contribution in [-0.4, -0.2) is 62.8 Å². The third-order valence-electron chi connectivity index (χ3n) is 8.61. The van der Waals surface area contributed by atoms with Gasteiger partial charge in [-0.05, 0) is 61.8 Å². The summed E-state index contributed by atoms with van der Waals surface area (Å²) in [4.78, 5) is 25.3. The molecule has 2 saturated carbocycles. The lowest BCUT2D eigenvalue weighted by Gasteiger charge is -2.27. The zero-order chi connectivity index (χ0) is 25.4. The molecule has 1 saturated heterocycles. The topological polar surface area (TPSA) is 100 Å². The summed E-state index contributed by atoms with van der Waals surface area (Å²) < 4.78 is 15.5. The number of amides is 1. The number of carbonyl (C=O) groups excluding carboxylic acids is 1. The van der Waals surface area contributed by atoms with Crippen LogP contribution >= 0.6 is 0 Å². The molecule has 2 aliphatic carbocycles. The Hall–Kier alpha value is -3.59. The highest BCUT2D eigenvalue weighted by Gasteiger charge is 2.47. The molecule has 9 heteroatoms. The Morgan fingerprint density at radius 3 is 2.59 bits per heavy atom. The van der Waals surface area contributed by atoms with Gasteiger partial charge in [0.2, 0.25) is 5.88 Å². The summed E-state index contributed by atoms with van der Waals surface area (Å²) in [5, 5.41) is 1.05. The molecule has 2 bridgehead atoms. The quantitative estimate of drug-likeness (QED) is 0.434. The number of aryl methyl sites for hydroxylation is 1. The van der Waals surface area contributed by atoms with Crippen LogP contribution < -0.4 is 15.2 Å². The molecule has 3 aromatic heterocycles. The molecule has 37 heavy (non-hydrogen) atoms. The van der Waals surface area contributed by atoms with Gasteiger partial charge in [0.05, 0.1) is 25.4 Å². The van der Waals surface area contributed by atoms with E-state index in [9.17, 15) is 4.79 Å². The molecule has 3 atom stereocenters. The van der Waals surface area contributed by atoms with Crippen molar-refractivity contribution in [3.05, 3.63) is 35.9 Å². The minimum absolute atomic E-state index is 0.00851. The van der Waals surface area contributed by atoms with Crippen LogP contribution in [0.1, 0.15) is 36.0 Å². The average molecular weight is 501 g/mol. The van der Waals surface area contributed by atoms with E-state index in [1.807, 2.05) is 36.2 Å². The molecule has 3 fully saturated rings. The smallest absolute Gasteiger partial charge is 0.254 e. The molecule has 1 aromatic carbocycles. The van der Waals surface area contributed by atoms with Gasteiger partial charge in [-0.2, -0.15) is 4.98 Å². The molecule has 3 unspecified atom stereocenters. The maximum absolute atomic E-state index is 13.6. The zero-order valence-corrected chi connectivity index (χ0v) is 21.5. The van der Waals surface area contributed by atoms with E-state index in [0.717, 1.165) is 59.5 Å². The molecule has 2 N–H and O–H groups in total. The minimum atomic E-state index is 0.00851. The minimum Gasteiger partial charge on any atom is -0.494 e. The molecule has 4 aromatic rings. The van der Waals surface area contributed by atoms with Gasteiger partial charge in [-0.1, -0.05) is 0 Å². The van der Waals surface area contributed by atoms with Crippen LogP contribution in [0.4, 0.5) is 0 Å². The number of ether oxygens (including phenoxy) is 2. The monoisotopic (exact) mass is 500 g/mol. The molecule has 3 aliphatic rings. The molecular formula is C28H32N6O3. The molecule has 1 aliphatic heterocycles. The summed E-state index contributed by atoms with van der Waals surface area (Å²) in [5.41, 5.74) is 10.5. The van der Waals surface area contributed by atoms with Crippen molar-refractivity contribution in [2.24, 2.45) is 24.6 Å². The number of pyridine rings is 1. The van der Waals surface area contributed by atoms with Crippen LogP contribution in [0.25, 0.3) is 33.6 Å². The van der Waals surface area contributed by atoms with E-state index in [1.165, 1.54) is 12.8 Å². The first-order valence-electron chi connectivity index (χ1n) is 13.1. The molecule has 1 amide bonds. The van der Waals surface area contributed by atoms with Crippen molar-refractivity contribution in [1.82, 2.24) is 24.0 Å². The van der Waals surface area contributed by atoms with Crippen LogP contribution in [0.5, 0.6) is 11.6 Å². The summed E-state index contributed by atoms with van der Waals surface area (Å²) in [6, 6.07) is 10.0. The van der Waals surface area contributed by atoms with E-state index in [1.54, 1.807) is 14.2 Å². The van der Waals surface area contributed by atoms with Gasteiger partial charge in [-0.15, -0.1) is 0 Å².